The fourth-order valence-electron chi connectivity index (χ4n) is 5.70. The Bertz CT molecular complexity index is 1080. The fraction of sp³-hybridized carbons (Fsp3) is 0.464. The first-order chi connectivity index (χ1) is 16.6. The Morgan fingerprint density at radius 1 is 1.12 bits per heavy atom. The van der Waals surface area contributed by atoms with E-state index in [-0.39, 0.29) is 49.4 Å². The largest absolute Gasteiger partial charge is 0.394 e. The topological polar surface area (TPSA) is 73.7 Å². The molecular weight excluding hydrogens is 426 g/mol. The van der Waals surface area contributed by atoms with Crippen molar-refractivity contribution in [1.82, 2.24) is 14.8 Å². The summed E-state index contributed by atoms with van der Waals surface area (Å²) in [6.45, 7) is 0.462. The van der Waals surface area contributed by atoms with Crippen molar-refractivity contribution in [2.24, 2.45) is 5.92 Å². The number of aliphatic hydroxyl groups is 1. The highest BCUT2D eigenvalue weighted by atomic mass is 16.3. The molecule has 1 aromatic heterocycles. The summed E-state index contributed by atoms with van der Waals surface area (Å²) < 4.78 is 0. The van der Waals surface area contributed by atoms with Crippen molar-refractivity contribution < 1.29 is 14.7 Å². The molecule has 3 fully saturated rings. The third-order valence-corrected chi connectivity index (χ3v) is 7.50. The van der Waals surface area contributed by atoms with Crippen LogP contribution in [0.3, 0.4) is 0 Å². The number of piperazine rings is 1. The predicted octanol–water partition coefficient (Wildman–Crippen LogP) is 2.75. The van der Waals surface area contributed by atoms with Gasteiger partial charge in [-0.1, -0.05) is 49.3 Å². The van der Waals surface area contributed by atoms with Crippen molar-refractivity contribution in [1.29, 1.82) is 0 Å². The van der Waals surface area contributed by atoms with Crippen molar-refractivity contribution in [3.63, 3.8) is 0 Å². The first-order valence-electron chi connectivity index (χ1n) is 12.3. The maximum absolute atomic E-state index is 12.9. The average molecular weight is 458 g/mol. The zero-order valence-electron chi connectivity index (χ0n) is 19.4. The number of pyridine rings is 1. The first kappa shape index (κ1) is 22.6. The minimum Gasteiger partial charge on any atom is -0.394 e. The van der Waals surface area contributed by atoms with Crippen LogP contribution in [-0.4, -0.2) is 63.5 Å². The molecule has 1 N–H and O–H groups in total. The van der Waals surface area contributed by atoms with Crippen LogP contribution in [-0.2, 0) is 16.0 Å². The lowest BCUT2D eigenvalue weighted by Crippen LogP contribution is -2.73. The fourth-order valence-corrected chi connectivity index (χ4v) is 5.70. The second kappa shape index (κ2) is 9.99. The van der Waals surface area contributed by atoms with Crippen LogP contribution < -0.4 is 0 Å². The normalized spacial score (nSPS) is 24.6. The number of nitrogens with zero attached hydrogens (tertiary/aromatic N) is 3. The lowest BCUT2D eigenvalue weighted by atomic mass is 9.73. The Hall–Kier alpha value is -3.17. The number of hydrogen-bond donors (Lipinski definition) is 1. The van der Waals surface area contributed by atoms with E-state index >= 15 is 0 Å². The highest BCUT2D eigenvalue weighted by molar-refractivity contribution is 5.88. The van der Waals surface area contributed by atoms with Gasteiger partial charge in [0.05, 0.1) is 31.7 Å². The number of amides is 2. The van der Waals surface area contributed by atoms with E-state index in [1.807, 2.05) is 24.3 Å². The molecule has 176 valence electrons. The molecule has 2 amide bonds. The van der Waals surface area contributed by atoms with Gasteiger partial charge in [-0.3, -0.25) is 14.6 Å². The maximum Gasteiger partial charge on any atom is 0.242 e. The number of carbonyl (C=O) groups excluding carboxylic acids is 2. The molecule has 0 spiro atoms. The summed E-state index contributed by atoms with van der Waals surface area (Å²) >= 11 is 0. The molecule has 1 saturated carbocycles. The molecular formula is C28H31N3O3. The van der Waals surface area contributed by atoms with Gasteiger partial charge in [0.1, 0.15) is 0 Å². The van der Waals surface area contributed by atoms with Gasteiger partial charge in [0, 0.05) is 36.3 Å². The Morgan fingerprint density at radius 2 is 1.91 bits per heavy atom. The highest BCUT2D eigenvalue weighted by Gasteiger charge is 2.54. The van der Waals surface area contributed by atoms with Gasteiger partial charge in [-0.05, 0) is 42.2 Å². The van der Waals surface area contributed by atoms with E-state index in [2.05, 4.69) is 29.0 Å². The molecule has 2 aliphatic heterocycles. The van der Waals surface area contributed by atoms with Gasteiger partial charge in [0.15, 0.2) is 0 Å². The van der Waals surface area contributed by atoms with E-state index < -0.39 is 0 Å². The van der Waals surface area contributed by atoms with Crippen LogP contribution in [0.5, 0.6) is 0 Å². The SMILES string of the molecule is O=C(Cc1cccnc1)N1CC(=O)N2[C@H](C1)[C@@H](c1ccc(C#CC3CCCCC3)cc1)[C@@H]2CO. The Morgan fingerprint density at radius 3 is 2.62 bits per heavy atom. The quantitative estimate of drug-likeness (QED) is 0.717. The molecule has 5 rings (SSSR count). The van der Waals surface area contributed by atoms with Gasteiger partial charge in [-0.25, -0.2) is 0 Å². The van der Waals surface area contributed by atoms with Gasteiger partial charge >= 0.3 is 0 Å². The number of aromatic nitrogens is 1. The first-order valence-corrected chi connectivity index (χ1v) is 12.3. The van der Waals surface area contributed by atoms with E-state index in [1.54, 1.807) is 22.2 Å². The number of hydrogen-bond acceptors (Lipinski definition) is 4. The molecule has 1 aliphatic carbocycles. The Balaban J connectivity index is 1.28. The number of aliphatic hydroxyl groups excluding tert-OH is 1. The van der Waals surface area contributed by atoms with Crippen LogP contribution in [0, 0.1) is 17.8 Å². The summed E-state index contributed by atoms with van der Waals surface area (Å²) in [7, 11) is 0. The van der Waals surface area contributed by atoms with E-state index in [9.17, 15) is 14.7 Å². The summed E-state index contributed by atoms with van der Waals surface area (Å²) in [5.74, 6) is 7.11. The second-order valence-corrected chi connectivity index (χ2v) is 9.68. The highest BCUT2D eigenvalue weighted by Crippen LogP contribution is 2.43. The standard InChI is InChI=1S/C28H31N3O3/c32-19-25-28(23-12-10-21(11-13-23)9-8-20-5-2-1-3-6-20)24-17-30(18-27(34)31(24)25)26(33)15-22-7-4-14-29-16-22/h4,7,10-14,16,20,24-25,28,32H,1-3,5-6,15,17-19H2/t24-,25+,28-/m1/s1. The van der Waals surface area contributed by atoms with E-state index in [1.165, 1.54) is 32.1 Å². The second-order valence-electron chi connectivity index (χ2n) is 9.68. The number of fused-ring (bicyclic) bond motifs is 1. The van der Waals surface area contributed by atoms with Gasteiger partial charge in [0.2, 0.25) is 11.8 Å². The van der Waals surface area contributed by atoms with Gasteiger partial charge < -0.3 is 14.9 Å². The molecule has 34 heavy (non-hydrogen) atoms. The summed E-state index contributed by atoms with van der Waals surface area (Å²) in [6, 6.07) is 11.5. The zero-order chi connectivity index (χ0) is 23.5. The van der Waals surface area contributed by atoms with Crippen molar-refractivity contribution in [3.05, 3.63) is 65.5 Å². The minimum atomic E-state index is -0.243. The number of benzene rings is 1. The van der Waals surface area contributed by atoms with Crippen molar-refractivity contribution in [2.45, 2.75) is 56.5 Å². The average Bonchev–Trinajstić information content (AvgIpc) is 2.86. The van der Waals surface area contributed by atoms with Crippen LogP contribution in [0.15, 0.2) is 48.8 Å². The maximum atomic E-state index is 12.9. The van der Waals surface area contributed by atoms with Crippen LogP contribution in [0.4, 0.5) is 0 Å². The van der Waals surface area contributed by atoms with Crippen molar-refractivity contribution in [3.8, 4) is 11.8 Å². The molecule has 6 heteroatoms. The van der Waals surface area contributed by atoms with Crippen LogP contribution in [0.1, 0.15) is 54.7 Å². The minimum absolute atomic E-state index is 0.00305. The van der Waals surface area contributed by atoms with Gasteiger partial charge in [-0.2, -0.15) is 0 Å². The lowest BCUT2D eigenvalue weighted by molar-refractivity contribution is -0.166. The molecule has 2 aromatic rings. The third-order valence-electron chi connectivity index (χ3n) is 7.50. The summed E-state index contributed by atoms with van der Waals surface area (Å²) in [6.07, 6.45) is 9.88. The molecule has 3 heterocycles. The van der Waals surface area contributed by atoms with Crippen molar-refractivity contribution >= 4 is 11.8 Å². The Kier molecular flexibility index (Phi) is 6.64. The van der Waals surface area contributed by atoms with Crippen LogP contribution in [0.25, 0.3) is 0 Å². The molecule has 0 unspecified atom stereocenters. The van der Waals surface area contributed by atoms with Crippen LogP contribution >= 0.6 is 0 Å². The molecule has 0 bridgehead atoms. The molecule has 0 radical (unpaired) electrons. The molecule has 3 atom stereocenters. The van der Waals surface area contributed by atoms with Gasteiger partial charge in [0.25, 0.3) is 0 Å². The predicted molar refractivity (Wildman–Crippen MR) is 129 cm³/mol. The van der Waals surface area contributed by atoms with Crippen molar-refractivity contribution in [2.75, 3.05) is 19.7 Å². The molecule has 6 nitrogen and oxygen atoms in total. The van der Waals surface area contributed by atoms with E-state index in [0.29, 0.717) is 12.5 Å². The van der Waals surface area contributed by atoms with Crippen LogP contribution in [0.2, 0.25) is 0 Å². The monoisotopic (exact) mass is 457 g/mol. The summed E-state index contributed by atoms with van der Waals surface area (Å²) in [5.41, 5.74) is 2.92. The Labute approximate surface area is 201 Å². The summed E-state index contributed by atoms with van der Waals surface area (Å²) in [5, 5.41) is 10.0. The molecule has 3 aliphatic rings. The van der Waals surface area contributed by atoms with E-state index in [0.717, 1.165) is 16.7 Å². The smallest absolute Gasteiger partial charge is 0.242 e. The molecule has 1 aromatic carbocycles. The van der Waals surface area contributed by atoms with E-state index in [4.69, 9.17) is 0 Å². The van der Waals surface area contributed by atoms with Gasteiger partial charge in [-0.15, -0.1) is 0 Å². The lowest BCUT2D eigenvalue weighted by Gasteiger charge is -2.58. The number of carbonyl (C=O) groups is 2. The molecule has 2 saturated heterocycles. The zero-order valence-corrected chi connectivity index (χ0v) is 19.4. The summed E-state index contributed by atoms with van der Waals surface area (Å²) in [4.78, 5) is 33.2. The third kappa shape index (κ3) is 4.58. The number of rotatable bonds is 4.